The van der Waals surface area contributed by atoms with Crippen LogP contribution in [0.2, 0.25) is 0 Å². The number of hydrogen-bond donors (Lipinski definition) is 3. The zero-order chi connectivity index (χ0) is 37.4. The lowest BCUT2D eigenvalue weighted by Crippen LogP contribution is -2.77. The SMILES string of the molecule is C#CCOCCOCCO[C@@]1(C(=O)OC)O[C@@H]([C@H](OC(C)=O)[C@@H](COC(C)=O)OC(C)=O)[C@H](NC(=O)OC(C)(C)C)[C@@H](NC(=O)CC)[C@@H]1O. The van der Waals surface area contributed by atoms with Crippen LogP contribution in [-0.2, 0) is 66.6 Å². The van der Waals surface area contributed by atoms with Crippen molar-refractivity contribution < 1.29 is 76.5 Å². The second-order valence-corrected chi connectivity index (χ2v) is 11.5. The van der Waals surface area contributed by atoms with Crippen LogP contribution in [0.3, 0.4) is 0 Å². The number of amides is 2. The molecule has 278 valence electrons. The minimum absolute atomic E-state index is 0.0609. The Bertz CT molecular complexity index is 1180. The smallest absolute Gasteiger partial charge is 0.408 e. The summed E-state index contributed by atoms with van der Waals surface area (Å²) in [6.45, 7) is 8.30. The van der Waals surface area contributed by atoms with Gasteiger partial charge in [0, 0.05) is 27.2 Å². The van der Waals surface area contributed by atoms with Crippen molar-refractivity contribution >= 4 is 35.9 Å². The van der Waals surface area contributed by atoms with Crippen molar-refractivity contribution in [3.8, 4) is 12.3 Å². The molecule has 1 saturated heterocycles. The van der Waals surface area contributed by atoms with Gasteiger partial charge in [-0.3, -0.25) is 19.2 Å². The molecule has 0 aromatic rings. The molecule has 1 aliphatic rings. The van der Waals surface area contributed by atoms with Crippen molar-refractivity contribution in [1.82, 2.24) is 10.6 Å². The van der Waals surface area contributed by atoms with Gasteiger partial charge >= 0.3 is 30.0 Å². The highest BCUT2D eigenvalue weighted by Crippen LogP contribution is 2.36. The summed E-state index contributed by atoms with van der Waals surface area (Å²) in [5.41, 5.74) is -1.04. The molecule has 0 aromatic heterocycles. The molecule has 1 fully saturated rings. The van der Waals surface area contributed by atoms with E-state index in [0.29, 0.717) is 0 Å². The Morgan fingerprint density at radius 1 is 0.918 bits per heavy atom. The van der Waals surface area contributed by atoms with Crippen LogP contribution in [0.1, 0.15) is 54.9 Å². The zero-order valence-corrected chi connectivity index (χ0v) is 29.1. The lowest BCUT2D eigenvalue weighted by atomic mass is 9.84. The predicted molar refractivity (Wildman–Crippen MR) is 165 cm³/mol. The van der Waals surface area contributed by atoms with E-state index in [9.17, 15) is 33.9 Å². The molecule has 0 radical (unpaired) electrons. The van der Waals surface area contributed by atoms with Gasteiger partial charge in [0.05, 0.1) is 45.6 Å². The highest BCUT2D eigenvalue weighted by Gasteiger charge is 2.64. The average Bonchev–Trinajstić information content (AvgIpc) is 3.00. The summed E-state index contributed by atoms with van der Waals surface area (Å²) in [6.07, 6.45) is -3.43. The molecule has 1 aliphatic heterocycles. The quantitative estimate of drug-likeness (QED) is 0.0708. The lowest BCUT2D eigenvalue weighted by molar-refractivity contribution is -0.336. The standard InChI is InChI=1S/C31H48N2O16/c1-10-12-42-13-14-43-15-16-45-31(28(39)41-9)27(38)24(32-22(37)11-2)23(33-29(40)49-30(6,7)8)26(48-31)25(47-20(5)36)21(46-19(4)35)17-44-18(3)34/h1,21,23-27,38H,11-17H2,2-9H3,(H,32,37)(H,33,40)/t21-,23-,24-,25-,26-,27+,31-/m1/s1. The van der Waals surface area contributed by atoms with Gasteiger partial charge in [-0.1, -0.05) is 12.8 Å². The molecule has 0 bridgehead atoms. The normalized spacial score (nSPS) is 23.1. The fraction of sp³-hybridized carbons (Fsp3) is 0.742. The maximum absolute atomic E-state index is 13.5. The number of aliphatic hydroxyl groups is 1. The van der Waals surface area contributed by atoms with Crippen molar-refractivity contribution in [3.05, 3.63) is 0 Å². The fourth-order valence-corrected chi connectivity index (χ4v) is 4.57. The van der Waals surface area contributed by atoms with Gasteiger partial charge in [0.15, 0.2) is 12.2 Å². The van der Waals surface area contributed by atoms with E-state index in [-0.39, 0.29) is 32.8 Å². The molecule has 1 heterocycles. The van der Waals surface area contributed by atoms with E-state index in [1.54, 1.807) is 20.8 Å². The lowest BCUT2D eigenvalue weighted by Gasteiger charge is -2.51. The summed E-state index contributed by atoms with van der Waals surface area (Å²) in [6, 6.07) is -3.26. The van der Waals surface area contributed by atoms with E-state index in [0.717, 1.165) is 27.9 Å². The molecule has 0 spiro atoms. The van der Waals surface area contributed by atoms with E-state index in [2.05, 4.69) is 16.6 Å². The van der Waals surface area contributed by atoms with Gasteiger partial charge in [0.2, 0.25) is 5.91 Å². The molecule has 0 unspecified atom stereocenters. The van der Waals surface area contributed by atoms with E-state index in [1.165, 1.54) is 6.92 Å². The van der Waals surface area contributed by atoms with Crippen molar-refractivity contribution in [1.29, 1.82) is 0 Å². The summed E-state index contributed by atoms with van der Waals surface area (Å²) < 4.78 is 48.8. The zero-order valence-electron chi connectivity index (χ0n) is 29.1. The van der Waals surface area contributed by atoms with Crippen molar-refractivity contribution in [2.24, 2.45) is 0 Å². The molecule has 3 N–H and O–H groups in total. The van der Waals surface area contributed by atoms with Crippen LogP contribution >= 0.6 is 0 Å². The number of alkyl carbamates (subject to hydrolysis) is 1. The molecular weight excluding hydrogens is 656 g/mol. The van der Waals surface area contributed by atoms with Gasteiger partial charge in [-0.15, -0.1) is 6.42 Å². The summed E-state index contributed by atoms with van der Waals surface area (Å²) in [5, 5.41) is 16.8. The Morgan fingerprint density at radius 2 is 1.53 bits per heavy atom. The number of carbonyl (C=O) groups is 6. The van der Waals surface area contributed by atoms with E-state index < -0.39 is 97.0 Å². The second kappa shape index (κ2) is 20.5. The second-order valence-electron chi connectivity index (χ2n) is 11.5. The van der Waals surface area contributed by atoms with Gasteiger partial charge in [0.25, 0.3) is 5.79 Å². The van der Waals surface area contributed by atoms with Gasteiger partial charge in [-0.05, 0) is 20.8 Å². The Hall–Kier alpha value is -4.02. The molecule has 0 aliphatic carbocycles. The molecule has 18 heteroatoms. The largest absolute Gasteiger partial charge is 0.465 e. The van der Waals surface area contributed by atoms with Crippen molar-refractivity contribution in [3.63, 3.8) is 0 Å². The first-order chi connectivity index (χ1) is 22.9. The number of hydrogen-bond acceptors (Lipinski definition) is 16. The predicted octanol–water partition coefficient (Wildman–Crippen LogP) is -0.487. The minimum Gasteiger partial charge on any atom is -0.465 e. The van der Waals surface area contributed by atoms with E-state index >= 15 is 0 Å². The molecular formula is C31H48N2O16. The number of rotatable bonds is 18. The van der Waals surface area contributed by atoms with Gasteiger partial charge in [-0.2, -0.15) is 0 Å². The maximum atomic E-state index is 13.5. The van der Waals surface area contributed by atoms with E-state index in [4.69, 9.17) is 49.1 Å². The number of ether oxygens (including phenoxy) is 9. The number of carbonyl (C=O) groups excluding carboxylic acids is 6. The van der Waals surface area contributed by atoms with Crippen LogP contribution in [0.4, 0.5) is 4.79 Å². The highest BCUT2D eigenvalue weighted by atomic mass is 16.8. The van der Waals surface area contributed by atoms with Crippen LogP contribution in [0.5, 0.6) is 0 Å². The summed E-state index contributed by atoms with van der Waals surface area (Å²) >= 11 is 0. The minimum atomic E-state index is -2.79. The Kier molecular flexibility index (Phi) is 18.0. The Balaban J connectivity index is 3.88. The van der Waals surface area contributed by atoms with Crippen molar-refractivity contribution in [2.45, 2.75) is 103 Å². The van der Waals surface area contributed by atoms with E-state index in [1.807, 2.05) is 0 Å². The van der Waals surface area contributed by atoms with Gasteiger partial charge in [0.1, 0.15) is 31.0 Å². The fourth-order valence-electron chi connectivity index (χ4n) is 4.57. The Morgan fingerprint density at radius 3 is 2.06 bits per heavy atom. The van der Waals surface area contributed by atoms with Crippen LogP contribution in [-0.4, -0.2) is 136 Å². The van der Waals surface area contributed by atoms with Crippen LogP contribution in [0, 0.1) is 12.3 Å². The topological polar surface area (TPSA) is 230 Å². The van der Waals surface area contributed by atoms with Crippen LogP contribution in [0.25, 0.3) is 0 Å². The molecule has 0 saturated carbocycles. The number of terminal acetylenes is 1. The third-order valence-electron chi connectivity index (χ3n) is 6.45. The maximum Gasteiger partial charge on any atom is 0.408 e. The van der Waals surface area contributed by atoms with Gasteiger partial charge in [-0.25, -0.2) is 9.59 Å². The number of esters is 4. The average molecular weight is 705 g/mol. The summed E-state index contributed by atoms with van der Waals surface area (Å²) in [7, 11) is 0.967. The van der Waals surface area contributed by atoms with Crippen LogP contribution in [0.15, 0.2) is 0 Å². The molecule has 49 heavy (non-hydrogen) atoms. The summed E-state index contributed by atoms with van der Waals surface area (Å²) in [5.74, 6) is -5.12. The molecule has 0 aromatic carbocycles. The molecule has 1 rings (SSSR count). The third-order valence-corrected chi connectivity index (χ3v) is 6.45. The van der Waals surface area contributed by atoms with Crippen LogP contribution < -0.4 is 10.6 Å². The molecule has 7 atom stereocenters. The molecule has 2 amide bonds. The first-order valence-corrected chi connectivity index (χ1v) is 15.4. The van der Waals surface area contributed by atoms with Crippen molar-refractivity contribution in [2.75, 3.05) is 46.8 Å². The molecule has 18 nitrogen and oxygen atoms in total. The summed E-state index contributed by atoms with van der Waals surface area (Å²) in [4.78, 5) is 76.0. The first-order valence-electron chi connectivity index (χ1n) is 15.4. The number of aliphatic hydroxyl groups excluding tert-OH is 1. The Labute approximate surface area is 285 Å². The third kappa shape index (κ3) is 14.2. The monoisotopic (exact) mass is 704 g/mol. The number of methoxy groups -OCH3 is 1. The highest BCUT2D eigenvalue weighted by molar-refractivity contribution is 5.80. The first kappa shape index (κ1) is 43.0. The van der Waals surface area contributed by atoms with Gasteiger partial charge < -0.3 is 58.4 Å². The number of nitrogens with one attached hydrogen (secondary N) is 2.